The van der Waals surface area contributed by atoms with Gasteiger partial charge in [-0.3, -0.25) is 0 Å². The number of ether oxygens (including phenoxy) is 2. The molecular formula is C25H25ClFNO3. The van der Waals surface area contributed by atoms with Gasteiger partial charge in [-0.25, -0.2) is 9.18 Å². The molecule has 2 aromatic carbocycles. The van der Waals surface area contributed by atoms with E-state index < -0.39 is 5.60 Å². The molecular weight excluding hydrogens is 417 g/mol. The maximum absolute atomic E-state index is 14.4. The lowest BCUT2D eigenvalue weighted by Gasteiger charge is -2.30. The summed E-state index contributed by atoms with van der Waals surface area (Å²) < 4.78 is 25.9. The number of hydrogen-bond donors (Lipinski definition) is 0. The Hall–Kier alpha value is -2.79. The molecule has 6 heteroatoms. The molecule has 0 spiro atoms. The van der Waals surface area contributed by atoms with E-state index in [1.165, 1.54) is 6.07 Å². The Bertz CT molecular complexity index is 1080. The summed E-state index contributed by atoms with van der Waals surface area (Å²) in [6, 6.07) is 10.6. The molecule has 0 aliphatic carbocycles. The molecule has 0 aromatic heterocycles. The molecule has 0 atom stereocenters. The number of amides is 1. The summed E-state index contributed by atoms with van der Waals surface area (Å²) in [6.45, 7) is 6.94. The third-order valence-corrected chi connectivity index (χ3v) is 5.47. The van der Waals surface area contributed by atoms with Crippen LogP contribution in [0.1, 0.15) is 43.9 Å². The van der Waals surface area contributed by atoms with E-state index in [4.69, 9.17) is 21.1 Å². The lowest BCUT2D eigenvalue weighted by Crippen LogP contribution is -2.39. The average Bonchev–Trinajstić information content (AvgIpc) is 2.72. The monoisotopic (exact) mass is 441 g/mol. The summed E-state index contributed by atoms with van der Waals surface area (Å²) >= 11 is 5.88. The largest absolute Gasteiger partial charge is 0.488 e. The highest BCUT2D eigenvalue weighted by Gasteiger charge is 2.26. The van der Waals surface area contributed by atoms with Crippen LogP contribution < -0.4 is 4.74 Å². The zero-order chi connectivity index (χ0) is 22.2. The highest BCUT2D eigenvalue weighted by molar-refractivity contribution is 6.30. The predicted octanol–water partition coefficient (Wildman–Crippen LogP) is 6.44. The summed E-state index contributed by atoms with van der Waals surface area (Å²) in [7, 11) is 0. The van der Waals surface area contributed by atoms with Crippen LogP contribution in [0.3, 0.4) is 0 Å². The zero-order valence-corrected chi connectivity index (χ0v) is 18.6. The molecule has 0 saturated carbocycles. The summed E-state index contributed by atoms with van der Waals surface area (Å²) in [4.78, 5) is 14.0. The highest BCUT2D eigenvalue weighted by atomic mass is 35.5. The Morgan fingerprint density at radius 3 is 2.65 bits per heavy atom. The van der Waals surface area contributed by atoms with E-state index in [9.17, 15) is 9.18 Å². The number of rotatable bonds is 2. The number of carbonyl (C=O) groups is 1. The van der Waals surface area contributed by atoms with Gasteiger partial charge in [0.1, 0.15) is 23.8 Å². The van der Waals surface area contributed by atoms with Crippen LogP contribution in [0.5, 0.6) is 5.75 Å². The normalized spacial score (nSPS) is 16.1. The number of carbonyl (C=O) groups excluding carboxylic acids is 1. The molecule has 0 bridgehead atoms. The molecule has 0 saturated heterocycles. The van der Waals surface area contributed by atoms with E-state index in [1.807, 2.05) is 51.1 Å². The third kappa shape index (κ3) is 4.77. The van der Waals surface area contributed by atoms with Gasteiger partial charge in [-0.05, 0) is 51.0 Å². The lowest BCUT2D eigenvalue weighted by atomic mass is 9.93. The van der Waals surface area contributed by atoms with E-state index in [1.54, 1.807) is 17.0 Å². The summed E-state index contributed by atoms with van der Waals surface area (Å²) in [5.41, 5.74) is 3.79. The Morgan fingerprint density at radius 1 is 1.16 bits per heavy atom. The summed E-state index contributed by atoms with van der Waals surface area (Å²) in [6.07, 6.45) is 4.42. The van der Waals surface area contributed by atoms with Crippen molar-refractivity contribution in [3.63, 3.8) is 0 Å². The maximum Gasteiger partial charge on any atom is 0.410 e. The fraction of sp³-hybridized carbons (Fsp3) is 0.320. The molecule has 31 heavy (non-hydrogen) atoms. The highest BCUT2D eigenvalue weighted by Crippen LogP contribution is 2.39. The van der Waals surface area contributed by atoms with Crippen LogP contribution in [0.25, 0.3) is 17.2 Å². The molecule has 0 radical (unpaired) electrons. The molecule has 162 valence electrons. The van der Waals surface area contributed by atoms with Crippen molar-refractivity contribution < 1.29 is 18.7 Å². The Morgan fingerprint density at radius 2 is 1.97 bits per heavy atom. The first-order valence-corrected chi connectivity index (χ1v) is 10.7. The minimum absolute atomic E-state index is 0.278. The summed E-state index contributed by atoms with van der Waals surface area (Å²) in [5.74, 6) is 0.428. The fourth-order valence-corrected chi connectivity index (χ4v) is 3.93. The van der Waals surface area contributed by atoms with E-state index in [0.29, 0.717) is 30.1 Å². The molecule has 2 aromatic rings. The van der Waals surface area contributed by atoms with Gasteiger partial charge in [0, 0.05) is 40.4 Å². The fourth-order valence-electron chi connectivity index (χ4n) is 3.77. The number of benzene rings is 2. The minimum Gasteiger partial charge on any atom is -0.488 e. The molecule has 4 nitrogen and oxygen atoms in total. The molecule has 2 aliphatic heterocycles. The van der Waals surface area contributed by atoms with Crippen molar-refractivity contribution in [2.75, 3.05) is 19.7 Å². The third-order valence-electron chi connectivity index (χ3n) is 5.23. The second-order valence-corrected chi connectivity index (χ2v) is 9.15. The second-order valence-electron chi connectivity index (χ2n) is 8.71. The first-order chi connectivity index (χ1) is 14.7. The smallest absolute Gasteiger partial charge is 0.410 e. The van der Waals surface area contributed by atoms with E-state index >= 15 is 0 Å². The van der Waals surface area contributed by atoms with Gasteiger partial charge in [0.05, 0.1) is 0 Å². The van der Waals surface area contributed by atoms with Gasteiger partial charge >= 0.3 is 6.09 Å². The van der Waals surface area contributed by atoms with Gasteiger partial charge in [0.15, 0.2) is 0 Å². The van der Waals surface area contributed by atoms with Gasteiger partial charge in [-0.1, -0.05) is 41.9 Å². The molecule has 0 N–H and O–H groups in total. The van der Waals surface area contributed by atoms with Crippen molar-refractivity contribution in [3.8, 4) is 5.75 Å². The maximum atomic E-state index is 14.4. The molecule has 2 heterocycles. The lowest BCUT2D eigenvalue weighted by molar-refractivity contribution is 0.0270. The Kier molecular flexibility index (Phi) is 5.80. The van der Waals surface area contributed by atoms with Crippen molar-refractivity contribution in [3.05, 3.63) is 70.0 Å². The van der Waals surface area contributed by atoms with E-state index in [-0.39, 0.29) is 18.5 Å². The number of fused-ring (bicyclic) bond motifs is 1. The number of nitrogens with zero attached hydrogens (tertiary/aromatic N) is 1. The van der Waals surface area contributed by atoms with Gasteiger partial charge < -0.3 is 14.4 Å². The molecule has 4 rings (SSSR count). The van der Waals surface area contributed by atoms with Crippen molar-refractivity contribution >= 4 is 34.9 Å². The second kappa shape index (κ2) is 8.39. The van der Waals surface area contributed by atoms with Gasteiger partial charge in [0.2, 0.25) is 0 Å². The molecule has 2 aliphatic rings. The molecule has 0 fully saturated rings. The van der Waals surface area contributed by atoms with Crippen LogP contribution in [-0.4, -0.2) is 36.3 Å². The van der Waals surface area contributed by atoms with Crippen molar-refractivity contribution in [2.24, 2.45) is 0 Å². The van der Waals surface area contributed by atoms with Gasteiger partial charge in [-0.15, -0.1) is 0 Å². The van der Waals surface area contributed by atoms with E-state index in [2.05, 4.69) is 0 Å². The Labute approximate surface area is 186 Å². The van der Waals surface area contributed by atoms with Crippen molar-refractivity contribution in [2.45, 2.75) is 32.8 Å². The van der Waals surface area contributed by atoms with Crippen molar-refractivity contribution in [1.29, 1.82) is 0 Å². The van der Waals surface area contributed by atoms with Gasteiger partial charge in [-0.2, -0.15) is 0 Å². The molecule has 1 amide bonds. The number of halogens is 2. The Balaban J connectivity index is 1.57. The summed E-state index contributed by atoms with van der Waals surface area (Å²) in [5, 5.41) is 0.367. The average molecular weight is 442 g/mol. The standard InChI is InChI=1S/C25H25ClFNO3/c1-25(2,3)31-24(29)28-11-9-16(10-12-28)21-6-4-5-17-13-18(15-30-23(17)21)20-8-7-19(26)14-22(20)27/h4-9,13-14H,10-12,15H2,1-3H3. The molecule has 0 unspecified atom stereocenters. The van der Waals surface area contributed by atoms with Crippen LogP contribution >= 0.6 is 11.6 Å². The van der Waals surface area contributed by atoms with Gasteiger partial charge in [0.25, 0.3) is 0 Å². The van der Waals surface area contributed by atoms with Crippen LogP contribution in [0.2, 0.25) is 5.02 Å². The van der Waals surface area contributed by atoms with Crippen LogP contribution in [-0.2, 0) is 4.74 Å². The van der Waals surface area contributed by atoms with Crippen LogP contribution in [0.15, 0.2) is 42.5 Å². The van der Waals surface area contributed by atoms with Crippen LogP contribution in [0.4, 0.5) is 9.18 Å². The number of para-hydroxylation sites is 1. The quantitative estimate of drug-likeness (QED) is 0.538. The first kappa shape index (κ1) is 21.4. The predicted molar refractivity (Wildman–Crippen MR) is 122 cm³/mol. The van der Waals surface area contributed by atoms with Crippen LogP contribution in [0, 0.1) is 5.82 Å². The minimum atomic E-state index is -0.513. The first-order valence-electron chi connectivity index (χ1n) is 10.3. The van der Waals surface area contributed by atoms with Crippen molar-refractivity contribution in [1.82, 2.24) is 4.90 Å². The zero-order valence-electron chi connectivity index (χ0n) is 17.9. The number of hydrogen-bond acceptors (Lipinski definition) is 3. The SMILES string of the molecule is CC(C)(C)OC(=O)N1CC=C(c2cccc3c2OCC(c2ccc(Cl)cc2F)=C3)CC1. The topological polar surface area (TPSA) is 38.8 Å². The van der Waals surface area contributed by atoms with E-state index in [0.717, 1.165) is 28.0 Å².